The Morgan fingerprint density at radius 1 is 1.45 bits per heavy atom. The highest BCUT2D eigenvalue weighted by atomic mass is 33.1. The lowest BCUT2D eigenvalue weighted by atomic mass is 10.2. The van der Waals surface area contributed by atoms with Crippen LogP contribution >= 0.6 is 22.5 Å². The summed E-state index contributed by atoms with van der Waals surface area (Å²) in [5.41, 5.74) is 2.55. The molecule has 11 heavy (non-hydrogen) atoms. The van der Waals surface area contributed by atoms with Crippen LogP contribution in [0, 0.1) is 0 Å². The summed E-state index contributed by atoms with van der Waals surface area (Å²) in [4.78, 5) is 0. The van der Waals surface area contributed by atoms with Crippen molar-refractivity contribution in [3.63, 3.8) is 0 Å². The van der Waals surface area contributed by atoms with Gasteiger partial charge < -0.3 is 0 Å². The molecule has 0 unspecified atom stereocenters. The van der Waals surface area contributed by atoms with E-state index in [9.17, 15) is 0 Å². The summed E-state index contributed by atoms with van der Waals surface area (Å²) in [6, 6.07) is 0. The molecule has 0 aliphatic heterocycles. The van der Waals surface area contributed by atoms with Crippen molar-refractivity contribution in [1.29, 1.82) is 0 Å². The van der Waals surface area contributed by atoms with Gasteiger partial charge in [-0.05, 0) is 23.6 Å². The highest BCUT2D eigenvalue weighted by Gasteiger charge is 2.08. The van der Waals surface area contributed by atoms with Crippen molar-refractivity contribution >= 4 is 22.5 Å². The molecule has 0 spiro atoms. The van der Waals surface area contributed by atoms with E-state index < -0.39 is 0 Å². The van der Waals surface area contributed by atoms with Gasteiger partial charge in [-0.3, -0.25) is 5.10 Å². The molecular weight excluding hydrogens is 176 g/mol. The fourth-order valence-corrected chi connectivity index (χ4v) is 2.03. The molecule has 1 rings (SSSR count). The van der Waals surface area contributed by atoms with Crippen LogP contribution in [-0.2, 0) is 12.8 Å². The Kier molecular flexibility index (Phi) is 3.33. The summed E-state index contributed by atoms with van der Waals surface area (Å²) in [6.45, 7) is 4.26. The topological polar surface area (TPSA) is 28.7 Å². The average molecular weight is 188 g/mol. The number of thiol groups is 1. The molecule has 0 atom stereocenters. The Morgan fingerprint density at radius 3 is 2.64 bits per heavy atom. The van der Waals surface area contributed by atoms with Crippen molar-refractivity contribution in [2.24, 2.45) is 0 Å². The van der Waals surface area contributed by atoms with Crippen LogP contribution < -0.4 is 0 Å². The number of nitrogens with one attached hydrogen (secondary N) is 1. The first-order valence-electron chi connectivity index (χ1n) is 3.71. The predicted molar refractivity (Wildman–Crippen MR) is 52.2 cm³/mol. The van der Waals surface area contributed by atoms with Gasteiger partial charge in [-0.25, -0.2) is 0 Å². The molecule has 0 aliphatic rings. The van der Waals surface area contributed by atoms with E-state index in [1.165, 1.54) is 22.1 Å². The first-order chi connectivity index (χ1) is 5.33. The van der Waals surface area contributed by atoms with E-state index in [0.29, 0.717) is 0 Å². The van der Waals surface area contributed by atoms with Crippen LogP contribution in [0.3, 0.4) is 0 Å². The van der Waals surface area contributed by atoms with Crippen molar-refractivity contribution in [2.45, 2.75) is 31.7 Å². The van der Waals surface area contributed by atoms with Crippen LogP contribution in [0.15, 0.2) is 5.03 Å². The van der Waals surface area contributed by atoms with Crippen molar-refractivity contribution in [1.82, 2.24) is 10.2 Å². The van der Waals surface area contributed by atoms with Crippen LogP contribution in [0.4, 0.5) is 0 Å². The minimum Gasteiger partial charge on any atom is -0.281 e. The third kappa shape index (κ3) is 1.73. The third-order valence-corrected chi connectivity index (χ3v) is 2.74. The van der Waals surface area contributed by atoms with Gasteiger partial charge in [0.25, 0.3) is 0 Å². The molecule has 0 aliphatic carbocycles. The maximum Gasteiger partial charge on any atom is 0.132 e. The lowest BCUT2D eigenvalue weighted by molar-refractivity contribution is 0.944. The standard InChI is InChI=1S/C7H12N2S2/c1-3-5-6(4-2)8-9-7(5)11-10/h10H,3-4H2,1-2H3,(H,8,9). The number of nitrogens with zero attached hydrogens (tertiary/aromatic N) is 1. The molecule has 0 radical (unpaired) electrons. The van der Waals surface area contributed by atoms with Crippen LogP contribution in [-0.4, -0.2) is 10.2 Å². The van der Waals surface area contributed by atoms with E-state index in [-0.39, 0.29) is 0 Å². The maximum atomic E-state index is 4.14. The molecule has 1 heterocycles. The number of aromatic amines is 1. The molecule has 0 bridgehead atoms. The molecule has 0 saturated heterocycles. The highest BCUT2D eigenvalue weighted by Crippen LogP contribution is 2.25. The van der Waals surface area contributed by atoms with Gasteiger partial charge in [-0.15, -0.1) is 11.7 Å². The minimum absolute atomic E-state index is 1.02. The van der Waals surface area contributed by atoms with Crippen LogP contribution in [0.5, 0.6) is 0 Å². The molecule has 1 N–H and O–H groups in total. The van der Waals surface area contributed by atoms with E-state index in [4.69, 9.17) is 0 Å². The highest BCUT2D eigenvalue weighted by molar-refractivity contribution is 8.68. The molecular formula is C7H12N2S2. The summed E-state index contributed by atoms with van der Waals surface area (Å²) in [6.07, 6.45) is 2.05. The Bertz CT molecular complexity index is 211. The minimum atomic E-state index is 1.02. The van der Waals surface area contributed by atoms with Gasteiger partial charge in [0, 0.05) is 11.3 Å². The monoisotopic (exact) mass is 188 g/mol. The number of aromatic nitrogens is 2. The van der Waals surface area contributed by atoms with Crippen LogP contribution in [0.25, 0.3) is 0 Å². The summed E-state index contributed by atoms with van der Waals surface area (Å²) in [5, 5.41) is 8.17. The largest absolute Gasteiger partial charge is 0.281 e. The summed E-state index contributed by atoms with van der Waals surface area (Å²) >= 11 is 4.12. The fraction of sp³-hybridized carbons (Fsp3) is 0.571. The van der Waals surface area contributed by atoms with E-state index in [1.807, 2.05) is 0 Å². The molecule has 2 nitrogen and oxygen atoms in total. The van der Waals surface area contributed by atoms with E-state index >= 15 is 0 Å². The second-order valence-electron chi connectivity index (χ2n) is 2.28. The van der Waals surface area contributed by atoms with Crippen molar-refractivity contribution in [3.8, 4) is 0 Å². The van der Waals surface area contributed by atoms with Gasteiger partial charge in [-0.2, -0.15) is 5.10 Å². The molecule has 62 valence electrons. The van der Waals surface area contributed by atoms with E-state index in [2.05, 4.69) is 35.7 Å². The molecule has 0 aromatic carbocycles. The zero-order valence-corrected chi connectivity index (χ0v) is 8.43. The van der Waals surface area contributed by atoms with Gasteiger partial charge in [0.05, 0.1) is 0 Å². The average Bonchev–Trinajstić information content (AvgIpc) is 2.45. The predicted octanol–water partition coefficient (Wildman–Crippen LogP) is 2.47. The number of hydrogen-bond acceptors (Lipinski definition) is 3. The summed E-state index contributed by atoms with van der Waals surface area (Å²) in [5.74, 6) is 0. The SMILES string of the molecule is CCc1[nH]nc(SS)c1CC. The Morgan fingerprint density at radius 2 is 2.18 bits per heavy atom. The maximum absolute atomic E-state index is 4.14. The van der Waals surface area contributed by atoms with Gasteiger partial charge in [0.15, 0.2) is 0 Å². The first kappa shape index (κ1) is 9.00. The normalized spacial score (nSPS) is 10.5. The van der Waals surface area contributed by atoms with Crippen molar-refractivity contribution in [3.05, 3.63) is 11.3 Å². The molecule has 1 aromatic heterocycles. The van der Waals surface area contributed by atoms with Crippen molar-refractivity contribution < 1.29 is 0 Å². The molecule has 0 fully saturated rings. The molecule has 0 saturated carbocycles. The lowest BCUT2D eigenvalue weighted by Gasteiger charge is -1.96. The number of rotatable bonds is 3. The smallest absolute Gasteiger partial charge is 0.132 e. The van der Waals surface area contributed by atoms with E-state index in [0.717, 1.165) is 17.9 Å². The van der Waals surface area contributed by atoms with Gasteiger partial charge in [0.1, 0.15) is 5.03 Å². The van der Waals surface area contributed by atoms with Gasteiger partial charge >= 0.3 is 0 Å². The Labute approximate surface area is 76.0 Å². The zero-order chi connectivity index (χ0) is 8.27. The van der Waals surface area contributed by atoms with Crippen LogP contribution in [0.2, 0.25) is 0 Å². The van der Waals surface area contributed by atoms with E-state index in [1.54, 1.807) is 0 Å². The summed E-state index contributed by atoms with van der Waals surface area (Å²) in [7, 11) is 1.41. The molecule has 4 heteroatoms. The Balaban J connectivity index is 2.99. The molecule has 1 aromatic rings. The summed E-state index contributed by atoms with van der Waals surface area (Å²) < 4.78 is 0. The zero-order valence-electron chi connectivity index (χ0n) is 6.72. The first-order valence-corrected chi connectivity index (χ1v) is 5.57. The number of H-pyrrole nitrogens is 1. The fourth-order valence-electron chi connectivity index (χ4n) is 1.11. The van der Waals surface area contributed by atoms with Crippen molar-refractivity contribution in [2.75, 3.05) is 0 Å². The second-order valence-corrected chi connectivity index (χ2v) is 3.40. The van der Waals surface area contributed by atoms with Crippen LogP contribution in [0.1, 0.15) is 25.1 Å². The second kappa shape index (κ2) is 4.07. The van der Waals surface area contributed by atoms with Gasteiger partial charge in [-0.1, -0.05) is 13.8 Å². The lowest BCUT2D eigenvalue weighted by Crippen LogP contribution is -1.87. The number of aryl methyl sites for hydroxylation is 1. The number of hydrogen-bond donors (Lipinski definition) is 2. The third-order valence-electron chi connectivity index (χ3n) is 1.71. The quantitative estimate of drug-likeness (QED) is 0.563. The molecule has 0 amide bonds. The van der Waals surface area contributed by atoms with Gasteiger partial charge in [0.2, 0.25) is 0 Å². The Hall–Kier alpha value is -0.0900.